The van der Waals surface area contributed by atoms with E-state index in [-0.39, 0.29) is 0 Å². The van der Waals surface area contributed by atoms with E-state index in [1.807, 2.05) is 29.9 Å². The first-order chi connectivity index (χ1) is 13.7. The van der Waals surface area contributed by atoms with Gasteiger partial charge in [-0.3, -0.25) is 14.8 Å². The van der Waals surface area contributed by atoms with E-state index >= 15 is 0 Å². The van der Waals surface area contributed by atoms with E-state index in [2.05, 4.69) is 37.8 Å². The van der Waals surface area contributed by atoms with Crippen molar-refractivity contribution < 1.29 is 4.74 Å². The molecule has 4 aromatic heterocycles. The van der Waals surface area contributed by atoms with E-state index in [9.17, 15) is 0 Å². The lowest BCUT2D eigenvalue weighted by Gasteiger charge is -2.30. The van der Waals surface area contributed by atoms with Gasteiger partial charge in [-0.2, -0.15) is 10.2 Å². The third-order valence-electron chi connectivity index (χ3n) is 4.95. The summed E-state index contributed by atoms with van der Waals surface area (Å²) in [5.41, 5.74) is 5.34. The van der Waals surface area contributed by atoms with Gasteiger partial charge in [0.05, 0.1) is 24.6 Å². The molecule has 1 aliphatic rings. The van der Waals surface area contributed by atoms with E-state index in [1.54, 1.807) is 18.6 Å². The Kier molecular flexibility index (Phi) is 3.91. The molecule has 8 heteroatoms. The Hall–Kier alpha value is -3.52. The van der Waals surface area contributed by atoms with E-state index in [0.29, 0.717) is 19.8 Å². The van der Waals surface area contributed by atoms with Crippen molar-refractivity contribution in [3.8, 4) is 22.6 Å². The minimum atomic E-state index is 0.501. The first-order valence-corrected chi connectivity index (χ1v) is 9.03. The minimum absolute atomic E-state index is 0.501. The fraction of sp³-hybridized carbons (Fsp3) is 0.200. The highest BCUT2D eigenvalue weighted by Gasteiger charge is 2.21. The summed E-state index contributed by atoms with van der Waals surface area (Å²) in [6.45, 7) is 6.00. The van der Waals surface area contributed by atoms with E-state index < -0.39 is 0 Å². The van der Waals surface area contributed by atoms with Crippen molar-refractivity contribution in [2.75, 3.05) is 24.7 Å². The van der Waals surface area contributed by atoms with Gasteiger partial charge >= 0.3 is 0 Å². The first kappa shape index (κ1) is 16.6. The maximum Gasteiger partial charge on any atom is 0.134 e. The Morgan fingerprint density at radius 3 is 2.86 bits per heavy atom. The molecule has 0 saturated carbocycles. The molecule has 1 N–H and O–H groups in total. The number of hydrogen-bond donors (Lipinski definition) is 1. The summed E-state index contributed by atoms with van der Waals surface area (Å²) in [5, 5.41) is 12.4. The van der Waals surface area contributed by atoms with Crippen molar-refractivity contribution in [1.29, 1.82) is 0 Å². The molecule has 1 aliphatic heterocycles. The molecule has 0 spiro atoms. The summed E-state index contributed by atoms with van der Waals surface area (Å²) in [6.07, 6.45) is 5.31. The normalized spacial score (nSPS) is 14.8. The zero-order chi connectivity index (χ0) is 19.1. The predicted molar refractivity (Wildman–Crippen MR) is 107 cm³/mol. The summed E-state index contributed by atoms with van der Waals surface area (Å²) >= 11 is 0. The fourth-order valence-corrected chi connectivity index (χ4v) is 3.57. The maximum atomic E-state index is 5.52. The van der Waals surface area contributed by atoms with Gasteiger partial charge in [0.2, 0.25) is 0 Å². The van der Waals surface area contributed by atoms with Crippen LogP contribution < -0.4 is 4.90 Å². The molecule has 0 bridgehead atoms. The van der Waals surface area contributed by atoms with Crippen LogP contribution in [0.15, 0.2) is 55.1 Å². The highest BCUT2D eigenvalue weighted by molar-refractivity contribution is 6.01. The Morgan fingerprint density at radius 1 is 1.18 bits per heavy atom. The summed E-state index contributed by atoms with van der Waals surface area (Å²) in [6, 6.07) is 7.98. The minimum Gasteiger partial charge on any atom is -0.373 e. The Bertz CT molecular complexity index is 1160. The van der Waals surface area contributed by atoms with Crippen LogP contribution in [0.3, 0.4) is 0 Å². The number of nitrogens with one attached hydrogen (secondary N) is 1. The predicted octanol–water partition coefficient (Wildman–Crippen LogP) is 2.77. The Labute approximate surface area is 161 Å². The van der Waals surface area contributed by atoms with Gasteiger partial charge < -0.3 is 9.64 Å². The summed E-state index contributed by atoms with van der Waals surface area (Å²) in [7, 11) is 1.94. The molecule has 1 saturated heterocycles. The standard InChI is InChI=1S/C20H19N7O/c1-13-12-28-10-9-27(13)18-11-15(17-5-8-23-26(17)2)14-3-6-21-20(19(14)24-18)16-4-7-22-25-16/h3-8,11H,1,9-10,12H2,2H3,(H,22,25). The fourth-order valence-electron chi connectivity index (χ4n) is 3.57. The highest BCUT2D eigenvalue weighted by Crippen LogP contribution is 2.35. The number of nitrogens with zero attached hydrogens (tertiary/aromatic N) is 6. The number of morpholine rings is 1. The summed E-state index contributed by atoms with van der Waals surface area (Å²) < 4.78 is 7.38. The van der Waals surface area contributed by atoms with E-state index in [1.165, 1.54) is 0 Å². The Balaban J connectivity index is 1.81. The molecule has 5 rings (SSSR count). The average Bonchev–Trinajstić information content (AvgIpc) is 3.39. The first-order valence-electron chi connectivity index (χ1n) is 9.03. The number of H-pyrrole nitrogens is 1. The van der Waals surface area contributed by atoms with E-state index in [4.69, 9.17) is 9.72 Å². The van der Waals surface area contributed by atoms with E-state index in [0.717, 1.165) is 45.1 Å². The number of aromatic amines is 1. The number of pyridine rings is 2. The van der Waals surface area contributed by atoms with Gasteiger partial charge in [0, 0.05) is 48.8 Å². The van der Waals surface area contributed by atoms with Gasteiger partial charge in [-0.15, -0.1) is 0 Å². The molecule has 0 aliphatic carbocycles. The molecule has 4 aromatic rings. The molecule has 140 valence electrons. The van der Waals surface area contributed by atoms with Crippen molar-refractivity contribution in [1.82, 2.24) is 29.9 Å². The van der Waals surface area contributed by atoms with Crippen LogP contribution in [0.5, 0.6) is 0 Å². The number of anilines is 1. The molecule has 0 unspecified atom stereocenters. The lowest BCUT2D eigenvalue weighted by atomic mass is 10.0. The Morgan fingerprint density at radius 2 is 2.11 bits per heavy atom. The summed E-state index contributed by atoms with van der Waals surface area (Å²) in [5.74, 6) is 0.825. The maximum absolute atomic E-state index is 5.52. The van der Waals surface area contributed by atoms with Crippen molar-refractivity contribution in [2.45, 2.75) is 0 Å². The topological polar surface area (TPSA) is 84.8 Å². The zero-order valence-electron chi connectivity index (χ0n) is 15.5. The second-order valence-electron chi connectivity index (χ2n) is 6.66. The molecule has 0 aromatic carbocycles. The zero-order valence-corrected chi connectivity index (χ0v) is 15.5. The molecule has 0 amide bonds. The smallest absolute Gasteiger partial charge is 0.134 e. The van der Waals surface area contributed by atoms with Gasteiger partial charge in [0.25, 0.3) is 0 Å². The van der Waals surface area contributed by atoms with Gasteiger partial charge in [0.15, 0.2) is 0 Å². The molecular formula is C20H19N7O. The molecule has 8 nitrogen and oxygen atoms in total. The van der Waals surface area contributed by atoms with Crippen LogP contribution in [0.25, 0.3) is 33.5 Å². The summed E-state index contributed by atoms with van der Waals surface area (Å²) in [4.78, 5) is 11.7. The van der Waals surface area contributed by atoms with Gasteiger partial charge in [-0.05, 0) is 24.3 Å². The molecular weight excluding hydrogens is 354 g/mol. The number of fused-ring (bicyclic) bond motifs is 1. The number of rotatable bonds is 3. The SMILES string of the molecule is C=C1COCCN1c1cc(-c2ccnn2C)c2ccnc(-c3ccn[nH]3)c2n1. The number of hydrogen-bond acceptors (Lipinski definition) is 6. The van der Waals surface area contributed by atoms with Gasteiger partial charge in [-0.25, -0.2) is 4.98 Å². The van der Waals surface area contributed by atoms with Gasteiger partial charge in [0.1, 0.15) is 17.0 Å². The van der Waals surface area contributed by atoms with Crippen molar-refractivity contribution in [3.63, 3.8) is 0 Å². The van der Waals surface area contributed by atoms with Crippen LogP contribution in [0, 0.1) is 0 Å². The third kappa shape index (κ3) is 2.66. The molecule has 28 heavy (non-hydrogen) atoms. The molecule has 0 radical (unpaired) electrons. The largest absolute Gasteiger partial charge is 0.373 e. The quantitative estimate of drug-likeness (QED) is 0.594. The monoisotopic (exact) mass is 373 g/mol. The molecule has 0 atom stereocenters. The second kappa shape index (κ2) is 6.58. The lowest BCUT2D eigenvalue weighted by Crippen LogP contribution is -2.34. The molecule has 1 fully saturated rings. The lowest BCUT2D eigenvalue weighted by molar-refractivity contribution is 0.143. The van der Waals surface area contributed by atoms with Gasteiger partial charge in [-0.1, -0.05) is 6.58 Å². The van der Waals surface area contributed by atoms with Crippen LogP contribution >= 0.6 is 0 Å². The van der Waals surface area contributed by atoms with Crippen LogP contribution in [0.1, 0.15) is 0 Å². The van der Waals surface area contributed by atoms with Crippen molar-refractivity contribution >= 4 is 16.7 Å². The van der Waals surface area contributed by atoms with Crippen molar-refractivity contribution in [3.05, 3.63) is 55.1 Å². The number of ether oxygens (including phenoxy) is 1. The van der Waals surface area contributed by atoms with Crippen molar-refractivity contribution in [2.24, 2.45) is 7.05 Å². The van der Waals surface area contributed by atoms with Crippen LogP contribution in [0.2, 0.25) is 0 Å². The molecule has 5 heterocycles. The second-order valence-corrected chi connectivity index (χ2v) is 6.66. The number of aromatic nitrogens is 6. The average molecular weight is 373 g/mol. The number of aryl methyl sites for hydroxylation is 1. The third-order valence-corrected chi connectivity index (χ3v) is 4.95. The van der Waals surface area contributed by atoms with Crippen LogP contribution in [0.4, 0.5) is 5.82 Å². The van der Waals surface area contributed by atoms with Crippen LogP contribution in [-0.2, 0) is 11.8 Å². The van der Waals surface area contributed by atoms with Crippen LogP contribution in [-0.4, -0.2) is 49.7 Å². The highest BCUT2D eigenvalue weighted by atomic mass is 16.5.